The fraction of sp³-hybridized carbons (Fsp3) is 0.0182. The van der Waals surface area contributed by atoms with E-state index in [1.807, 2.05) is 12.1 Å². The fourth-order valence-electron chi connectivity index (χ4n) is 9.61. The Labute approximate surface area is 335 Å². The van der Waals surface area contributed by atoms with E-state index in [9.17, 15) is 0 Å². The molecule has 1 aliphatic rings. The van der Waals surface area contributed by atoms with Gasteiger partial charge in [0.05, 0.1) is 11.1 Å². The first-order chi connectivity index (χ1) is 28.8. The van der Waals surface area contributed by atoms with E-state index in [1.165, 1.54) is 38.9 Å². The molecule has 0 atom stereocenters. The predicted molar refractivity (Wildman–Crippen MR) is 238 cm³/mol. The molecule has 0 aliphatic heterocycles. The molecule has 3 nitrogen and oxygen atoms in total. The molecule has 2 heterocycles. The van der Waals surface area contributed by atoms with Crippen molar-refractivity contribution in [3.63, 3.8) is 0 Å². The van der Waals surface area contributed by atoms with Crippen LogP contribution >= 0.6 is 0 Å². The number of furan rings is 2. The lowest BCUT2D eigenvalue weighted by Crippen LogP contribution is -2.28. The van der Waals surface area contributed by atoms with Gasteiger partial charge in [0.15, 0.2) is 5.58 Å². The summed E-state index contributed by atoms with van der Waals surface area (Å²) < 4.78 is 13.5. The Morgan fingerprint density at radius 1 is 0.345 bits per heavy atom. The number of hydrogen-bond acceptors (Lipinski definition) is 3. The predicted octanol–water partition coefficient (Wildman–Crippen LogP) is 15.0. The highest BCUT2D eigenvalue weighted by atomic mass is 16.3. The van der Waals surface area contributed by atoms with E-state index in [-0.39, 0.29) is 0 Å². The van der Waals surface area contributed by atoms with Crippen LogP contribution in [-0.2, 0) is 5.41 Å². The molecule has 272 valence electrons. The molecule has 2 aromatic heterocycles. The average molecular weight is 742 g/mol. The van der Waals surface area contributed by atoms with Crippen LogP contribution in [0.4, 0.5) is 17.1 Å². The molecule has 3 heteroatoms. The number of hydrogen-bond donors (Lipinski definition) is 0. The van der Waals surface area contributed by atoms with Crippen LogP contribution in [0.3, 0.4) is 0 Å². The molecule has 0 N–H and O–H groups in total. The summed E-state index contributed by atoms with van der Waals surface area (Å²) in [6.45, 7) is 0. The van der Waals surface area contributed by atoms with Gasteiger partial charge in [0, 0.05) is 32.9 Å². The summed E-state index contributed by atoms with van der Waals surface area (Å²) in [6.07, 6.45) is 0. The van der Waals surface area contributed by atoms with E-state index in [2.05, 4.69) is 205 Å². The van der Waals surface area contributed by atoms with Crippen molar-refractivity contribution < 1.29 is 8.83 Å². The second-order valence-electron chi connectivity index (χ2n) is 15.2. The van der Waals surface area contributed by atoms with Crippen LogP contribution in [0.25, 0.3) is 66.1 Å². The van der Waals surface area contributed by atoms with Crippen LogP contribution in [0.2, 0.25) is 0 Å². The molecule has 1 aliphatic carbocycles. The smallest absolute Gasteiger partial charge is 0.159 e. The van der Waals surface area contributed by atoms with Crippen molar-refractivity contribution in [2.45, 2.75) is 5.41 Å². The van der Waals surface area contributed by atoms with Gasteiger partial charge in [-0.15, -0.1) is 0 Å². The lowest BCUT2D eigenvalue weighted by atomic mass is 9.67. The number of anilines is 3. The van der Waals surface area contributed by atoms with Crippen molar-refractivity contribution >= 4 is 60.9 Å². The molecule has 12 rings (SSSR count). The SMILES string of the molecule is c1ccc(-c2ccc(N(c3ccc4oc5ccccc5c4c3)c3cccc4c3oc3cc5c(cc34)-c3ccccc3C5(c3ccccc3)c3ccccc3)cc2)cc1. The second kappa shape index (κ2) is 12.7. The largest absolute Gasteiger partial charge is 0.456 e. The Morgan fingerprint density at radius 2 is 0.948 bits per heavy atom. The molecule has 0 saturated heterocycles. The number of fused-ring (bicyclic) bond motifs is 9. The molecule has 0 radical (unpaired) electrons. The minimum Gasteiger partial charge on any atom is -0.456 e. The lowest BCUT2D eigenvalue weighted by Gasteiger charge is -2.33. The standard InChI is InChI=1S/C55H35NO2/c1-4-15-36(16-5-1)37-27-29-40(30-28-37)56(41-31-32-52-46(33-41)43-22-11-13-26-51(43)57-52)50-25-14-23-44-47-34-45-42-21-10-12-24-48(42)55(38-17-6-2-7-18-38,39-19-8-3-9-20-39)49(45)35-53(47)58-54(44)50/h1-35H. The van der Waals surface area contributed by atoms with Crippen molar-refractivity contribution in [2.75, 3.05) is 4.90 Å². The molecular weight excluding hydrogens is 707 g/mol. The Balaban J connectivity index is 1.11. The number of nitrogens with zero attached hydrogens (tertiary/aromatic N) is 1. The van der Waals surface area contributed by atoms with Crippen molar-refractivity contribution in [1.29, 1.82) is 0 Å². The molecule has 0 bridgehead atoms. The van der Waals surface area contributed by atoms with Crippen LogP contribution in [0.5, 0.6) is 0 Å². The maximum Gasteiger partial charge on any atom is 0.159 e. The maximum absolute atomic E-state index is 7.17. The highest BCUT2D eigenvalue weighted by Gasteiger charge is 2.46. The summed E-state index contributed by atoms with van der Waals surface area (Å²) in [7, 11) is 0. The van der Waals surface area contributed by atoms with E-state index in [0.29, 0.717) is 0 Å². The molecule has 11 aromatic rings. The first-order valence-corrected chi connectivity index (χ1v) is 19.8. The fourth-order valence-corrected chi connectivity index (χ4v) is 9.61. The van der Waals surface area contributed by atoms with Crippen molar-refractivity contribution in [3.05, 3.63) is 235 Å². The highest BCUT2D eigenvalue weighted by molar-refractivity contribution is 6.13. The van der Waals surface area contributed by atoms with E-state index in [4.69, 9.17) is 8.83 Å². The molecule has 0 spiro atoms. The van der Waals surface area contributed by atoms with Gasteiger partial charge in [-0.25, -0.2) is 0 Å². The molecule has 58 heavy (non-hydrogen) atoms. The number of benzene rings is 9. The maximum atomic E-state index is 7.17. The Kier molecular flexibility index (Phi) is 7.14. The van der Waals surface area contributed by atoms with Crippen LogP contribution < -0.4 is 4.90 Å². The monoisotopic (exact) mass is 741 g/mol. The van der Waals surface area contributed by atoms with E-state index in [0.717, 1.165) is 66.5 Å². The Hall–Kier alpha value is -7.62. The van der Waals surface area contributed by atoms with Crippen molar-refractivity contribution in [1.82, 2.24) is 0 Å². The summed E-state index contributed by atoms with van der Waals surface area (Å²) in [4.78, 5) is 2.32. The number of rotatable bonds is 6. The molecule has 9 aromatic carbocycles. The summed E-state index contributed by atoms with van der Waals surface area (Å²) >= 11 is 0. The molecule has 0 fully saturated rings. The first-order valence-electron chi connectivity index (χ1n) is 19.8. The minimum absolute atomic E-state index is 0.514. The van der Waals surface area contributed by atoms with Gasteiger partial charge in [0.2, 0.25) is 0 Å². The lowest BCUT2D eigenvalue weighted by molar-refractivity contribution is 0.666. The highest BCUT2D eigenvalue weighted by Crippen LogP contribution is 2.57. The minimum atomic E-state index is -0.514. The van der Waals surface area contributed by atoms with Crippen LogP contribution in [-0.4, -0.2) is 0 Å². The van der Waals surface area contributed by atoms with Crippen molar-refractivity contribution in [2.24, 2.45) is 0 Å². The third kappa shape index (κ3) is 4.74. The average Bonchev–Trinajstić information content (AvgIpc) is 3.95. The normalized spacial score (nSPS) is 13.0. The Bertz CT molecular complexity index is 3290. The second-order valence-corrected chi connectivity index (χ2v) is 15.2. The summed E-state index contributed by atoms with van der Waals surface area (Å²) in [5, 5.41) is 4.34. The van der Waals surface area contributed by atoms with Gasteiger partial charge in [-0.1, -0.05) is 158 Å². The van der Waals surface area contributed by atoms with Gasteiger partial charge < -0.3 is 13.7 Å². The van der Waals surface area contributed by atoms with Crippen LogP contribution in [0.15, 0.2) is 221 Å². The quantitative estimate of drug-likeness (QED) is 0.170. The van der Waals surface area contributed by atoms with E-state index < -0.39 is 5.41 Å². The summed E-state index contributed by atoms with van der Waals surface area (Å²) in [6, 6.07) is 76.1. The van der Waals surface area contributed by atoms with Gasteiger partial charge in [0.1, 0.15) is 16.7 Å². The summed E-state index contributed by atoms with van der Waals surface area (Å²) in [5.74, 6) is 0. The zero-order chi connectivity index (χ0) is 38.2. The topological polar surface area (TPSA) is 29.5 Å². The third-order valence-electron chi connectivity index (χ3n) is 12.1. The van der Waals surface area contributed by atoms with Gasteiger partial charge in [-0.05, 0) is 99.1 Å². The molecular formula is C55H35NO2. The number of para-hydroxylation sites is 2. The van der Waals surface area contributed by atoms with E-state index in [1.54, 1.807) is 0 Å². The van der Waals surface area contributed by atoms with Crippen molar-refractivity contribution in [3.8, 4) is 22.3 Å². The molecule has 0 amide bonds. The van der Waals surface area contributed by atoms with Crippen LogP contribution in [0, 0.1) is 0 Å². The summed E-state index contributed by atoms with van der Waals surface area (Å²) in [5.41, 5.74) is 15.7. The third-order valence-corrected chi connectivity index (χ3v) is 12.1. The van der Waals surface area contributed by atoms with Gasteiger partial charge in [-0.3, -0.25) is 0 Å². The van der Waals surface area contributed by atoms with Crippen LogP contribution in [0.1, 0.15) is 22.3 Å². The molecule has 0 saturated carbocycles. The van der Waals surface area contributed by atoms with Gasteiger partial charge >= 0.3 is 0 Å². The zero-order valence-corrected chi connectivity index (χ0v) is 31.5. The van der Waals surface area contributed by atoms with Gasteiger partial charge in [0.25, 0.3) is 0 Å². The van der Waals surface area contributed by atoms with Gasteiger partial charge in [-0.2, -0.15) is 0 Å². The van der Waals surface area contributed by atoms with E-state index >= 15 is 0 Å². The zero-order valence-electron chi connectivity index (χ0n) is 31.5. The first kappa shape index (κ1) is 32.6. The molecule has 0 unspecified atom stereocenters. The Morgan fingerprint density at radius 3 is 1.72 bits per heavy atom.